The molecular weight excluding hydrogens is 294 g/mol. The Hall–Kier alpha value is -1.27. The van der Waals surface area contributed by atoms with Crippen LogP contribution in [-0.4, -0.2) is 19.7 Å². The van der Waals surface area contributed by atoms with Gasteiger partial charge < -0.3 is 5.73 Å². The fourth-order valence-corrected chi connectivity index (χ4v) is 2.34. The highest BCUT2D eigenvalue weighted by Crippen LogP contribution is 2.25. The SMILES string of the molecule is CCn1nc(C)c(Br)c1CC(N)c1cncnc1. The van der Waals surface area contributed by atoms with Crippen LogP contribution in [0.4, 0.5) is 0 Å². The first-order valence-electron chi connectivity index (χ1n) is 5.85. The Morgan fingerprint density at radius 3 is 2.67 bits per heavy atom. The molecule has 2 rings (SSSR count). The highest BCUT2D eigenvalue weighted by molar-refractivity contribution is 9.10. The van der Waals surface area contributed by atoms with E-state index in [0.717, 1.165) is 28.0 Å². The van der Waals surface area contributed by atoms with Gasteiger partial charge in [-0.3, -0.25) is 4.68 Å². The molecule has 0 aromatic carbocycles. The van der Waals surface area contributed by atoms with Crippen LogP contribution in [0.3, 0.4) is 0 Å². The van der Waals surface area contributed by atoms with E-state index in [1.54, 1.807) is 12.4 Å². The molecule has 6 heteroatoms. The van der Waals surface area contributed by atoms with E-state index >= 15 is 0 Å². The van der Waals surface area contributed by atoms with Crippen molar-refractivity contribution in [2.24, 2.45) is 5.73 Å². The van der Waals surface area contributed by atoms with Gasteiger partial charge in [0.2, 0.25) is 0 Å². The van der Waals surface area contributed by atoms with Crippen molar-refractivity contribution >= 4 is 15.9 Å². The third-order valence-electron chi connectivity index (χ3n) is 2.87. The Balaban J connectivity index is 2.24. The van der Waals surface area contributed by atoms with Gasteiger partial charge in [-0.05, 0) is 29.8 Å². The maximum Gasteiger partial charge on any atom is 0.115 e. The Labute approximate surface area is 115 Å². The van der Waals surface area contributed by atoms with Crippen molar-refractivity contribution < 1.29 is 0 Å². The molecule has 0 aliphatic carbocycles. The van der Waals surface area contributed by atoms with E-state index < -0.39 is 0 Å². The number of aryl methyl sites for hydroxylation is 2. The van der Waals surface area contributed by atoms with Gasteiger partial charge in [-0.2, -0.15) is 5.10 Å². The molecule has 1 atom stereocenters. The monoisotopic (exact) mass is 309 g/mol. The number of hydrogen-bond donors (Lipinski definition) is 1. The van der Waals surface area contributed by atoms with Crippen LogP contribution in [0.1, 0.15) is 29.9 Å². The molecule has 0 aliphatic heterocycles. The normalized spacial score (nSPS) is 12.7. The predicted octanol–water partition coefficient (Wildman–Crippen LogP) is 2.01. The number of nitrogens with two attached hydrogens (primary N) is 1. The first-order valence-corrected chi connectivity index (χ1v) is 6.65. The second kappa shape index (κ2) is 5.58. The third-order valence-corrected chi connectivity index (χ3v) is 3.91. The van der Waals surface area contributed by atoms with Crippen LogP contribution in [0, 0.1) is 6.92 Å². The molecule has 1 unspecified atom stereocenters. The van der Waals surface area contributed by atoms with E-state index in [1.165, 1.54) is 6.33 Å². The lowest BCUT2D eigenvalue weighted by atomic mass is 10.1. The summed E-state index contributed by atoms with van der Waals surface area (Å²) in [4.78, 5) is 7.98. The summed E-state index contributed by atoms with van der Waals surface area (Å²) in [6.07, 6.45) is 5.73. The third kappa shape index (κ3) is 2.59. The Bertz CT molecular complexity index is 523. The summed E-state index contributed by atoms with van der Waals surface area (Å²) in [5.41, 5.74) is 9.23. The fraction of sp³-hybridized carbons (Fsp3) is 0.417. The van der Waals surface area contributed by atoms with Crippen molar-refractivity contribution in [3.63, 3.8) is 0 Å². The number of aromatic nitrogens is 4. The van der Waals surface area contributed by atoms with Gasteiger partial charge in [0, 0.05) is 37.0 Å². The highest BCUT2D eigenvalue weighted by Gasteiger charge is 2.16. The van der Waals surface area contributed by atoms with E-state index in [2.05, 4.69) is 37.9 Å². The molecular formula is C12H16BrN5. The second-order valence-corrected chi connectivity index (χ2v) is 4.94. The molecule has 2 aromatic heterocycles. The van der Waals surface area contributed by atoms with Crippen molar-refractivity contribution in [1.82, 2.24) is 19.7 Å². The second-order valence-electron chi connectivity index (χ2n) is 4.14. The largest absolute Gasteiger partial charge is 0.324 e. The molecule has 0 fully saturated rings. The van der Waals surface area contributed by atoms with E-state index in [9.17, 15) is 0 Å². The standard InChI is InChI=1S/C12H16BrN5/c1-3-18-11(12(13)8(2)17-18)4-10(14)9-5-15-7-16-6-9/h5-7,10H,3-4,14H2,1-2H3. The summed E-state index contributed by atoms with van der Waals surface area (Å²) in [6.45, 7) is 4.89. The highest BCUT2D eigenvalue weighted by atomic mass is 79.9. The summed E-state index contributed by atoms with van der Waals surface area (Å²) in [5, 5.41) is 4.46. The average molecular weight is 310 g/mol. The first kappa shape index (κ1) is 13.2. The predicted molar refractivity (Wildman–Crippen MR) is 73.0 cm³/mol. The van der Waals surface area contributed by atoms with Crippen molar-refractivity contribution in [3.8, 4) is 0 Å². The van der Waals surface area contributed by atoms with Crippen molar-refractivity contribution in [2.75, 3.05) is 0 Å². The van der Waals surface area contributed by atoms with Gasteiger partial charge in [-0.15, -0.1) is 0 Å². The zero-order valence-corrected chi connectivity index (χ0v) is 12.1. The molecule has 0 aliphatic rings. The number of nitrogens with zero attached hydrogens (tertiary/aromatic N) is 4. The number of halogens is 1. The van der Waals surface area contributed by atoms with E-state index in [-0.39, 0.29) is 6.04 Å². The van der Waals surface area contributed by atoms with E-state index in [0.29, 0.717) is 6.42 Å². The molecule has 0 spiro atoms. The lowest BCUT2D eigenvalue weighted by Gasteiger charge is -2.12. The molecule has 18 heavy (non-hydrogen) atoms. The summed E-state index contributed by atoms with van der Waals surface area (Å²) >= 11 is 3.57. The van der Waals surface area contributed by atoms with Gasteiger partial charge in [0.15, 0.2) is 0 Å². The van der Waals surface area contributed by atoms with Crippen molar-refractivity contribution in [1.29, 1.82) is 0 Å². The Morgan fingerprint density at radius 2 is 2.06 bits per heavy atom. The molecule has 2 aromatic rings. The summed E-state index contributed by atoms with van der Waals surface area (Å²) in [7, 11) is 0. The lowest BCUT2D eigenvalue weighted by molar-refractivity contribution is 0.585. The van der Waals surface area contributed by atoms with Gasteiger partial charge in [0.1, 0.15) is 6.33 Å². The fourth-order valence-electron chi connectivity index (χ4n) is 1.89. The molecule has 0 saturated heterocycles. The van der Waals surface area contributed by atoms with Gasteiger partial charge >= 0.3 is 0 Å². The van der Waals surface area contributed by atoms with Crippen LogP contribution in [0.15, 0.2) is 23.2 Å². The Morgan fingerprint density at radius 1 is 1.39 bits per heavy atom. The molecule has 0 amide bonds. The molecule has 5 nitrogen and oxygen atoms in total. The topological polar surface area (TPSA) is 69.6 Å². The van der Waals surface area contributed by atoms with Crippen LogP contribution in [0.2, 0.25) is 0 Å². The van der Waals surface area contributed by atoms with Crippen molar-refractivity contribution in [2.45, 2.75) is 32.9 Å². The van der Waals surface area contributed by atoms with Gasteiger partial charge in [-0.1, -0.05) is 0 Å². The minimum absolute atomic E-state index is 0.121. The molecule has 2 heterocycles. The molecule has 0 radical (unpaired) electrons. The Kier molecular flexibility index (Phi) is 4.08. The quantitative estimate of drug-likeness (QED) is 0.938. The van der Waals surface area contributed by atoms with E-state index in [4.69, 9.17) is 5.73 Å². The number of hydrogen-bond acceptors (Lipinski definition) is 4. The molecule has 2 N–H and O–H groups in total. The summed E-state index contributed by atoms with van der Waals surface area (Å²) in [6, 6.07) is -0.121. The first-order chi connectivity index (χ1) is 8.63. The van der Waals surface area contributed by atoms with Crippen LogP contribution in [-0.2, 0) is 13.0 Å². The van der Waals surface area contributed by atoms with Crippen LogP contribution in [0.25, 0.3) is 0 Å². The zero-order valence-electron chi connectivity index (χ0n) is 10.5. The van der Waals surface area contributed by atoms with Crippen LogP contribution < -0.4 is 5.73 Å². The van der Waals surface area contributed by atoms with Gasteiger partial charge in [-0.25, -0.2) is 9.97 Å². The average Bonchev–Trinajstić information content (AvgIpc) is 2.67. The van der Waals surface area contributed by atoms with Crippen LogP contribution in [0.5, 0.6) is 0 Å². The summed E-state index contributed by atoms with van der Waals surface area (Å²) < 4.78 is 3.01. The maximum absolute atomic E-state index is 6.19. The van der Waals surface area contributed by atoms with Gasteiger partial charge in [0.05, 0.1) is 15.9 Å². The molecule has 0 bridgehead atoms. The van der Waals surface area contributed by atoms with Crippen LogP contribution >= 0.6 is 15.9 Å². The molecule has 96 valence electrons. The minimum Gasteiger partial charge on any atom is -0.324 e. The lowest BCUT2D eigenvalue weighted by Crippen LogP contribution is -2.16. The zero-order chi connectivity index (χ0) is 13.1. The van der Waals surface area contributed by atoms with E-state index in [1.807, 2.05) is 11.6 Å². The number of rotatable bonds is 4. The van der Waals surface area contributed by atoms with Crippen molar-refractivity contribution in [3.05, 3.63) is 40.1 Å². The minimum atomic E-state index is -0.121. The maximum atomic E-state index is 6.19. The molecule has 0 saturated carbocycles. The van der Waals surface area contributed by atoms with Gasteiger partial charge in [0.25, 0.3) is 0 Å². The summed E-state index contributed by atoms with van der Waals surface area (Å²) in [5.74, 6) is 0. The smallest absolute Gasteiger partial charge is 0.115 e.